The summed E-state index contributed by atoms with van der Waals surface area (Å²) in [6, 6.07) is 17.7. The van der Waals surface area contributed by atoms with E-state index in [1.54, 1.807) is 13.8 Å². The first-order valence-corrected chi connectivity index (χ1v) is 10.8. The van der Waals surface area contributed by atoms with Gasteiger partial charge >= 0.3 is 11.9 Å². The molecule has 31 heavy (non-hydrogen) atoms. The first kappa shape index (κ1) is 22.7. The molecule has 0 bridgehead atoms. The van der Waals surface area contributed by atoms with Gasteiger partial charge in [0.2, 0.25) is 0 Å². The predicted octanol–water partition coefficient (Wildman–Crippen LogP) is 4.02. The molecule has 6 heteroatoms. The van der Waals surface area contributed by atoms with E-state index < -0.39 is 18.0 Å². The molecule has 0 saturated carbocycles. The molecule has 0 spiro atoms. The summed E-state index contributed by atoms with van der Waals surface area (Å²) in [5.41, 5.74) is 1.85. The molecule has 0 aliphatic carbocycles. The van der Waals surface area contributed by atoms with E-state index in [-0.39, 0.29) is 50.3 Å². The lowest BCUT2D eigenvalue weighted by molar-refractivity contribution is -0.161. The standard InChI is InChI=1S/C25H29NO5/c1-3-30-24(28)17-23(25(29)31-4-2)26-21(18-11-7-5-8-12-18)15-20(27)16-22(26)19-13-9-6-10-14-19/h5-14,21-23H,3-4,15-17H2,1-2H3. The Morgan fingerprint density at radius 1 is 0.871 bits per heavy atom. The molecule has 3 atom stereocenters. The summed E-state index contributed by atoms with van der Waals surface area (Å²) in [5, 5.41) is 0. The second kappa shape index (κ2) is 10.9. The number of carbonyl (C=O) groups excluding carboxylic acids is 3. The van der Waals surface area contributed by atoms with E-state index in [0.29, 0.717) is 0 Å². The fourth-order valence-corrected chi connectivity index (χ4v) is 4.23. The van der Waals surface area contributed by atoms with Crippen LogP contribution in [-0.4, -0.2) is 41.9 Å². The third kappa shape index (κ3) is 5.58. The summed E-state index contributed by atoms with van der Waals surface area (Å²) in [5.74, 6) is -0.819. The highest BCUT2D eigenvalue weighted by molar-refractivity contribution is 5.85. The van der Waals surface area contributed by atoms with Crippen LogP contribution in [0.2, 0.25) is 0 Å². The van der Waals surface area contributed by atoms with Crippen LogP contribution in [0.25, 0.3) is 0 Å². The minimum absolute atomic E-state index is 0.123. The Morgan fingerprint density at radius 2 is 1.35 bits per heavy atom. The minimum atomic E-state index is -0.859. The lowest BCUT2D eigenvalue weighted by atomic mass is 9.85. The van der Waals surface area contributed by atoms with Crippen LogP contribution in [0.5, 0.6) is 0 Å². The first-order chi connectivity index (χ1) is 15.0. The number of likely N-dealkylation sites (tertiary alicyclic amines) is 1. The Balaban J connectivity index is 2.09. The van der Waals surface area contributed by atoms with E-state index in [2.05, 4.69) is 0 Å². The van der Waals surface area contributed by atoms with Crippen LogP contribution in [0.4, 0.5) is 0 Å². The lowest BCUT2D eigenvalue weighted by Gasteiger charge is -2.45. The highest BCUT2D eigenvalue weighted by atomic mass is 16.5. The minimum Gasteiger partial charge on any atom is -0.466 e. The Kier molecular flexibility index (Phi) is 7.95. The van der Waals surface area contributed by atoms with Crippen molar-refractivity contribution in [2.24, 2.45) is 0 Å². The molecule has 3 rings (SSSR count). The van der Waals surface area contributed by atoms with Crippen molar-refractivity contribution in [3.05, 3.63) is 71.8 Å². The van der Waals surface area contributed by atoms with E-state index >= 15 is 0 Å². The van der Waals surface area contributed by atoms with Gasteiger partial charge in [0.25, 0.3) is 0 Å². The SMILES string of the molecule is CCOC(=O)CC(C(=O)OCC)N1C(c2ccccc2)CC(=O)CC1c1ccccc1. The van der Waals surface area contributed by atoms with Crippen LogP contribution in [0.15, 0.2) is 60.7 Å². The number of carbonyl (C=O) groups is 3. The van der Waals surface area contributed by atoms with Crippen molar-refractivity contribution in [1.82, 2.24) is 4.90 Å². The maximum absolute atomic E-state index is 13.1. The van der Waals surface area contributed by atoms with Crippen molar-refractivity contribution in [1.29, 1.82) is 0 Å². The number of rotatable bonds is 8. The van der Waals surface area contributed by atoms with Gasteiger partial charge in [-0.25, -0.2) is 0 Å². The van der Waals surface area contributed by atoms with Gasteiger partial charge in [-0.2, -0.15) is 0 Å². The number of hydrogen-bond donors (Lipinski definition) is 0. The molecule has 0 aromatic heterocycles. The monoisotopic (exact) mass is 423 g/mol. The molecule has 0 radical (unpaired) electrons. The van der Waals surface area contributed by atoms with Crippen molar-refractivity contribution in [2.75, 3.05) is 13.2 Å². The highest BCUT2D eigenvalue weighted by Gasteiger charge is 2.44. The Morgan fingerprint density at radius 3 is 1.81 bits per heavy atom. The van der Waals surface area contributed by atoms with Crippen LogP contribution in [0.3, 0.4) is 0 Å². The van der Waals surface area contributed by atoms with Gasteiger partial charge in [0.1, 0.15) is 11.8 Å². The largest absolute Gasteiger partial charge is 0.466 e. The third-order valence-electron chi connectivity index (χ3n) is 5.51. The molecule has 1 aliphatic heterocycles. The van der Waals surface area contributed by atoms with Crippen molar-refractivity contribution in [3.63, 3.8) is 0 Å². The van der Waals surface area contributed by atoms with E-state index in [9.17, 15) is 14.4 Å². The van der Waals surface area contributed by atoms with E-state index in [4.69, 9.17) is 9.47 Å². The van der Waals surface area contributed by atoms with Gasteiger partial charge < -0.3 is 9.47 Å². The second-order valence-corrected chi connectivity index (χ2v) is 7.52. The number of Topliss-reactive ketones (excluding diaryl/α,β-unsaturated/α-hetero) is 1. The topological polar surface area (TPSA) is 72.9 Å². The molecule has 164 valence electrons. The maximum atomic E-state index is 13.1. The normalized spacial score (nSPS) is 20.1. The van der Waals surface area contributed by atoms with Crippen LogP contribution in [0.1, 0.15) is 56.3 Å². The fourth-order valence-electron chi connectivity index (χ4n) is 4.23. The number of esters is 2. The molecule has 3 unspecified atom stereocenters. The molecular formula is C25H29NO5. The summed E-state index contributed by atoms with van der Waals surface area (Å²) in [6.45, 7) is 3.91. The van der Waals surface area contributed by atoms with E-state index in [1.165, 1.54) is 0 Å². The number of hydrogen-bond acceptors (Lipinski definition) is 6. The van der Waals surface area contributed by atoms with Crippen LogP contribution >= 0.6 is 0 Å². The summed E-state index contributed by atoms with van der Waals surface area (Å²) < 4.78 is 10.5. The Bertz CT molecular complexity index is 832. The highest BCUT2D eigenvalue weighted by Crippen LogP contribution is 2.42. The van der Waals surface area contributed by atoms with Gasteiger partial charge in [-0.1, -0.05) is 60.7 Å². The number of ketones is 1. The van der Waals surface area contributed by atoms with Crippen molar-refractivity contribution in [2.45, 2.75) is 51.2 Å². The molecule has 2 aromatic carbocycles. The number of nitrogens with zero attached hydrogens (tertiary/aromatic N) is 1. The molecule has 0 amide bonds. The zero-order valence-corrected chi connectivity index (χ0v) is 18.0. The second-order valence-electron chi connectivity index (χ2n) is 7.52. The average molecular weight is 424 g/mol. The van der Waals surface area contributed by atoms with Gasteiger partial charge in [0.05, 0.1) is 19.6 Å². The smallest absolute Gasteiger partial charge is 0.323 e. The van der Waals surface area contributed by atoms with Crippen LogP contribution < -0.4 is 0 Å². The number of benzene rings is 2. The van der Waals surface area contributed by atoms with Gasteiger partial charge in [0.15, 0.2) is 0 Å². The average Bonchev–Trinajstić information content (AvgIpc) is 2.78. The van der Waals surface area contributed by atoms with Crippen LogP contribution in [-0.2, 0) is 23.9 Å². The predicted molar refractivity (Wildman–Crippen MR) is 116 cm³/mol. The van der Waals surface area contributed by atoms with Gasteiger partial charge in [0, 0.05) is 24.9 Å². The summed E-state index contributed by atoms with van der Waals surface area (Å²) in [4.78, 5) is 40.3. The molecule has 6 nitrogen and oxygen atoms in total. The van der Waals surface area contributed by atoms with Gasteiger partial charge in [-0.3, -0.25) is 19.3 Å². The van der Waals surface area contributed by atoms with Crippen LogP contribution in [0, 0.1) is 0 Å². The lowest BCUT2D eigenvalue weighted by Crippen LogP contribution is -2.50. The van der Waals surface area contributed by atoms with E-state index in [0.717, 1.165) is 11.1 Å². The molecular weight excluding hydrogens is 394 g/mol. The van der Waals surface area contributed by atoms with Gasteiger partial charge in [-0.05, 0) is 25.0 Å². The van der Waals surface area contributed by atoms with Crippen molar-refractivity contribution >= 4 is 17.7 Å². The summed E-state index contributed by atoms with van der Waals surface area (Å²) in [6.07, 6.45) is 0.408. The maximum Gasteiger partial charge on any atom is 0.323 e. The number of ether oxygens (including phenoxy) is 2. The first-order valence-electron chi connectivity index (χ1n) is 10.8. The number of piperidine rings is 1. The van der Waals surface area contributed by atoms with Crippen molar-refractivity contribution < 1.29 is 23.9 Å². The Labute approximate surface area is 183 Å². The molecule has 1 fully saturated rings. The van der Waals surface area contributed by atoms with Gasteiger partial charge in [-0.15, -0.1) is 0 Å². The Hall–Kier alpha value is -2.99. The molecule has 1 heterocycles. The quantitative estimate of drug-likeness (QED) is 0.597. The molecule has 1 aliphatic rings. The molecule has 0 N–H and O–H groups in total. The zero-order chi connectivity index (χ0) is 22.2. The third-order valence-corrected chi connectivity index (χ3v) is 5.51. The fraction of sp³-hybridized carbons (Fsp3) is 0.400. The molecule has 2 aromatic rings. The van der Waals surface area contributed by atoms with Crippen molar-refractivity contribution in [3.8, 4) is 0 Å². The summed E-state index contributed by atoms with van der Waals surface area (Å²) in [7, 11) is 0. The zero-order valence-electron chi connectivity index (χ0n) is 18.0. The summed E-state index contributed by atoms with van der Waals surface area (Å²) >= 11 is 0. The molecule has 1 saturated heterocycles. The van der Waals surface area contributed by atoms with E-state index in [1.807, 2.05) is 65.6 Å².